The Bertz CT molecular complexity index is 798. The second-order valence-corrected chi connectivity index (χ2v) is 5.55. The molecule has 0 saturated heterocycles. The molecule has 0 radical (unpaired) electrons. The zero-order valence-corrected chi connectivity index (χ0v) is 13.8. The number of amides is 1. The first-order valence-corrected chi connectivity index (χ1v) is 7.86. The Morgan fingerprint density at radius 3 is 2.40 bits per heavy atom. The van der Waals surface area contributed by atoms with Crippen molar-refractivity contribution in [2.45, 2.75) is 13.5 Å². The highest BCUT2D eigenvalue weighted by atomic mass is 16.5. The van der Waals surface area contributed by atoms with Crippen LogP contribution in [0.4, 0.5) is 5.69 Å². The van der Waals surface area contributed by atoms with Crippen LogP contribution in [-0.2, 0) is 11.3 Å². The molecular formula is C18H19N5O2. The van der Waals surface area contributed by atoms with Crippen molar-refractivity contribution in [2.75, 3.05) is 17.3 Å². The van der Waals surface area contributed by atoms with E-state index in [1.165, 1.54) is 0 Å². The number of ether oxygens (including phenoxy) is 1. The van der Waals surface area contributed by atoms with Crippen LogP contribution in [0.1, 0.15) is 11.1 Å². The summed E-state index contributed by atoms with van der Waals surface area (Å²) in [6, 6.07) is 15.2. The number of anilines is 1. The Morgan fingerprint density at radius 1 is 1.04 bits per heavy atom. The van der Waals surface area contributed by atoms with Crippen LogP contribution in [0.5, 0.6) is 5.75 Å². The van der Waals surface area contributed by atoms with E-state index in [9.17, 15) is 4.79 Å². The number of nitrogens with one attached hydrogen (secondary N) is 2. The van der Waals surface area contributed by atoms with Crippen LogP contribution in [0, 0.1) is 6.92 Å². The van der Waals surface area contributed by atoms with E-state index in [0.717, 1.165) is 16.8 Å². The number of aryl methyl sites for hydroxylation is 1. The monoisotopic (exact) mass is 337 g/mol. The molecule has 7 nitrogen and oxygen atoms in total. The highest BCUT2D eigenvalue weighted by molar-refractivity contribution is 5.91. The summed E-state index contributed by atoms with van der Waals surface area (Å²) in [5, 5.41) is 10.2. The highest BCUT2D eigenvalue weighted by Gasteiger charge is 2.04. The summed E-state index contributed by atoms with van der Waals surface area (Å²) < 4.78 is 7.19. The number of carbonyl (C=O) groups excluding carboxylic acids is 1. The number of aromatic nitrogens is 3. The first kappa shape index (κ1) is 16.5. The zero-order chi connectivity index (χ0) is 17.5. The Kier molecular flexibility index (Phi) is 5.26. The van der Waals surface area contributed by atoms with E-state index in [4.69, 9.17) is 4.74 Å². The standard InChI is InChI=1S/C18H19N5O2/c1-14-2-6-16(7-3-14)22-18(24)11-25-17-8-4-15(5-9-17)10-21-23-12-19-20-13-23/h2-9,12-13,21H,10-11H2,1H3,(H,22,24). The molecule has 0 bridgehead atoms. The molecular weight excluding hydrogens is 318 g/mol. The molecule has 1 aromatic heterocycles. The molecule has 0 aliphatic heterocycles. The molecule has 1 amide bonds. The fourth-order valence-electron chi connectivity index (χ4n) is 2.15. The molecule has 0 unspecified atom stereocenters. The van der Waals surface area contributed by atoms with E-state index in [2.05, 4.69) is 20.9 Å². The van der Waals surface area contributed by atoms with Gasteiger partial charge in [0.2, 0.25) is 0 Å². The van der Waals surface area contributed by atoms with E-state index in [-0.39, 0.29) is 12.5 Å². The van der Waals surface area contributed by atoms with Gasteiger partial charge >= 0.3 is 0 Å². The SMILES string of the molecule is Cc1ccc(NC(=O)COc2ccc(CNn3cnnc3)cc2)cc1. The van der Waals surface area contributed by atoms with Crippen LogP contribution in [-0.4, -0.2) is 27.4 Å². The number of carbonyl (C=O) groups is 1. The van der Waals surface area contributed by atoms with E-state index < -0.39 is 0 Å². The number of nitrogens with zero attached hydrogens (tertiary/aromatic N) is 3. The van der Waals surface area contributed by atoms with Crippen LogP contribution in [0.15, 0.2) is 61.2 Å². The topological polar surface area (TPSA) is 81.1 Å². The van der Waals surface area contributed by atoms with Crippen LogP contribution in [0.2, 0.25) is 0 Å². The van der Waals surface area contributed by atoms with Gasteiger partial charge in [0, 0.05) is 5.69 Å². The first-order valence-electron chi connectivity index (χ1n) is 7.86. The van der Waals surface area contributed by atoms with E-state index in [1.807, 2.05) is 55.5 Å². The lowest BCUT2D eigenvalue weighted by Crippen LogP contribution is -2.20. The Labute approximate surface area is 145 Å². The second kappa shape index (κ2) is 7.96. The molecule has 0 aliphatic rings. The zero-order valence-electron chi connectivity index (χ0n) is 13.8. The minimum Gasteiger partial charge on any atom is -0.484 e. The third kappa shape index (κ3) is 5.07. The number of hydrogen-bond acceptors (Lipinski definition) is 5. The van der Waals surface area contributed by atoms with E-state index in [0.29, 0.717) is 12.3 Å². The second-order valence-electron chi connectivity index (χ2n) is 5.55. The van der Waals surface area contributed by atoms with Gasteiger partial charge in [-0.1, -0.05) is 29.8 Å². The predicted molar refractivity (Wildman–Crippen MR) is 94.8 cm³/mol. The summed E-state index contributed by atoms with van der Waals surface area (Å²) in [5.41, 5.74) is 6.11. The smallest absolute Gasteiger partial charge is 0.262 e. The average molecular weight is 337 g/mol. The normalized spacial score (nSPS) is 10.3. The lowest BCUT2D eigenvalue weighted by molar-refractivity contribution is -0.118. The molecule has 0 spiro atoms. The minimum absolute atomic E-state index is 0.0355. The Balaban J connectivity index is 1.44. The molecule has 3 rings (SSSR count). The molecule has 1 heterocycles. The van der Waals surface area contributed by atoms with Crippen molar-refractivity contribution >= 4 is 11.6 Å². The van der Waals surface area contributed by atoms with Crippen LogP contribution >= 0.6 is 0 Å². The van der Waals surface area contributed by atoms with Crippen molar-refractivity contribution in [1.82, 2.24) is 14.9 Å². The van der Waals surface area contributed by atoms with Crippen molar-refractivity contribution in [3.63, 3.8) is 0 Å². The first-order chi connectivity index (χ1) is 12.2. The summed E-state index contributed by atoms with van der Waals surface area (Å²) in [4.78, 5) is 11.9. The summed E-state index contributed by atoms with van der Waals surface area (Å²) >= 11 is 0. The van der Waals surface area contributed by atoms with Crippen LogP contribution in [0.25, 0.3) is 0 Å². The quantitative estimate of drug-likeness (QED) is 0.692. The molecule has 2 N–H and O–H groups in total. The molecule has 0 fully saturated rings. The molecule has 0 saturated carbocycles. The summed E-state index contributed by atoms with van der Waals surface area (Å²) in [5.74, 6) is 0.453. The van der Waals surface area contributed by atoms with Gasteiger partial charge < -0.3 is 15.5 Å². The minimum atomic E-state index is -0.192. The van der Waals surface area contributed by atoms with Crippen LogP contribution < -0.4 is 15.5 Å². The lowest BCUT2D eigenvalue weighted by atomic mass is 10.2. The Hall–Kier alpha value is -3.35. The summed E-state index contributed by atoms with van der Waals surface area (Å²) in [6.07, 6.45) is 3.17. The van der Waals surface area contributed by atoms with Gasteiger partial charge in [-0.25, -0.2) is 4.68 Å². The van der Waals surface area contributed by atoms with Gasteiger partial charge in [0.25, 0.3) is 5.91 Å². The Morgan fingerprint density at radius 2 is 1.72 bits per heavy atom. The lowest BCUT2D eigenvalue weighted by Gasteiger charge is -2.09. The predicted octanol–water partition coefficient (Wildman–Crippen LogP) is 2.35. The number of hydrogen-bond donors (Lipinski definition) is 2. The summed E-state index contributed by atoms with van der Waals surface area (Å²) in [6.45, 7) is 2.60. The van der Waals surface area contributed by atoms with Gasteiger partial charge in [-0.3, -0.25) is 4.79 Å². The van der Waals surface area contributed by atoms with Gasteiger partial charge in [0.05, 0.1) is 6.54 Å². The van der Waals surface area contributed by atoms with Crippen molar-refractivity contribution < 1.29 is 9.53 Å². The van der Waals surface area contributed by atoms with E-state index >= 15 is 0 Å². The molecule has 0 aliphatic carbocycles. The summed E-state index contributed by atoms with van der Waals surface area (Å²) in [7, 11) is 0. The molecule has 25 heavy (non-hydrogen) atoms. The van der Waals surface area contributed by atoms with Gasteiger partial charge in [0.1, 0.15) is 18.4 Å². The third-order valence-corrected chi connectivity index (χ3v) is 3.51. The largest absolute Gasteiger partial charge is 0.484 e. The molecule has 7 heteroatoms. The maximum atomic E-state index is 11.9. The highest BCUT2D eigenvalue weighted by Crippen LogP contribution is 2.13. The average Bonchev–Trinajstić information content (AvgIpc) is 3.15. The van der Waals surface area contributed by atoms with Gasteiger partial charge in [-0.05, 0) is 36.8 Å². The van der Waals surface area contributed by atoms with E-state index in [1.54, 1.807) is 17.3 Å². The fraction of sp³-hybridized carbons (Fsp3) is 0.167. The van der Waals surface area contributed by atoms with Crippen molar-refractivity contribution in [2.24, 2.45) is 0 Å². The number of rotatable bonds is 7. The molecule has 3 aromatic rings. The van der Waals surface area contributed by atoms with Gasteiger partial charge in [-0.15, -0.1) is 10.2 Å². The van der Waals surface area contributed by atoms with Crippen molar-refractivity contribution in [3.8, 4) is 5.75 Å². The van der Waals surface area contributed by atoms with Crippen LogP contribution in [0.3, 0.4) is 0 Å². The molecule has 2 aromatic carbocycles. The maximum absolute atomic E-state index is 11.9. The maximum Gasteiger partial charge on any atom is 0.262 e. The van der Waals surface area contributed by atoms with Crippen molar-refractivity contribution in [3.05, 3.63) is 72.3 Å². The fourth-order valence-corrected chi connectivity index (χ4v) is 2.15. The van der Waals surface area contributed by atoms with Gasteiger partial charge in [-0.2, -0.15) is 0 Å². The third-order valence-electron chi connectivity index (χ3n) is 3.51. The molecule has 0 atom stereocenters. The molecule has 128 valence electrons. The van der Waals surface area contributed by atoms with Crippen molar-refractivity contribution in [1.29, 1.82) is 0 Å². The van der Waals surface area contributed by atoms with Gasteiger partial charge in [0.15, 0.2) is 6.61 Å². The number of benzene rings is 2.